The van der Waals surface area contributed by atoms with Crippen LogP contribution in [0.3, 0.4) is 0 Å². The zero-order valence-electron chi connectivity index (χ0n) is 20.5. The molecule has 1 spiro atoms. The first kappa shape index (κ1) is 28.1. The molecule has 34 heavy (non-hydrogen) atoms. The molecular formula is C22H34F4N2O6. The van der Waals surface area contributed by atoms with Gasteiger partial charge in [-0.15, -0.1) is 0 Å². The number of alkyl halides is 4. The molecule has 196 valence electrons. The molecule has 3 fully saturated rings. The van der Waals surface area contributed by atoms with Crippen LogP contribution in [0.2, 0.25) is 0 Å². The summed E-state index contributed by atoms with van der Waals surface area (Å²) in [5.41, 5.74) is -2.74. The monoisotopic (exact) mass is 498 g/mol. The van der Waals surface area contributed by atoms with E-state index >= 15 is 0 Å². The number of carbonyl (C=O) groups is 3. The third-order valence-corrected chi connectivity index (χ3v) is 5.44. The number of nitrogens with zero attached hydrogens (tertiary/aromatic N) is 2. The molecule has 8 nitrogen and oxygen atoms in total. The molecule has 3 aliphatic heterocycles. The van der Waals surface area contributed by atoms with Crippen molar-refractivity contribution >= 4 is 18.0 Å². The second-order valence-electron chi connectivity index (χ2n) is 10.7. The number of ether oxygens (including phenoxy) is 3. The summed E-state index contributed by atoms with van der Waals surface area (Å²) < 4.78 is 69.2. The van der Waals surface area contributed by atoms with Gasteiger partial charge in [-0.3, -0.25) is 4.79 Å². The lowest BCUT2D eigenvalue weighted by molar-refractivity contribution is -0.291. The fourth-order valence-electron chi connectivity index (χ4n) is 3.59. The van der Waals surface area contributed by atoms with Crippen molar-refractivity contribution in [1.82, 2.24) is 9.80 Å². The van der Waals surface area contributed by atoms with Crippen LogP contribution in [0.25, 0.3) is 0 Å². The number of hydrogen-bond acceptors (Lipinski definition) is 6. The average Bonchev–Trinajstić information content (AvgIpc) is 2.59. The zero-order chi connectivity index (χ0) is 26.2. The molecule has 2 amide bonds. The molecule has 0 N–H and O–H groups in total. The summed E-state index contributed by atoms with van der Waals surface area (Å²) >= 11 is 0. The lowest BCUT2D eigenvalue weighted by atomic mass is 9.81. The maximum Gasteiger partial charge on any atom is 0.410 e. The molecule has 0 aromatic rings. The topological polar surface area (TPSA) is 85.4 Å². The molecule has 3 aliphatic rings. The van der Waals surface area contributed by atoms with Crippen molar-refractivity contribution in [2.45, 2.75) is 89.5 Å². The Morgan fingerprint density at radius 2 is 1.32 bits per heavy atom. The Morgan fingerprint density at radius 1 is 0.853 bits per heavy atom. The van der Waals surface area contributed by atoms with Crippen molar-refractivity contribution in [3.63, 3.8) is 0 Å². The molecule has 0 aliphatic carbocycles. The minimum Gasteiger partial charge on any atom is -0.444 e. The van der Waals surface area contributed by atoms with Crippen LogP contribution >= 0.6 is 0 Å². The summed E-state index contributed by atoms with van der Waals surface area (Å²) in [4.78, 5) is 36.0. The number of hydrogen-bond donors (Lipinski definition) is 0. The molecule has 1 atom stereocenters. The normalized spacial score (nSPS) is 26.2. The van der Waals surface area contributed by atoms with Gasteiger partial charge in [-0.2, -0.15) is 8.78 Å². The maximum atomic E-state index is 14.0. The minimum atomic E-state index is -3.45. The van der Waals surface area contributed by atoms with Gasteiger partial charge < -0.3 is 24.0 Å². The lowest BCUT2D eigenvalue weighted by Gasteiger charge is -2.51. The number of ketones is 1. The van der Waals surface area contributed by atoms with Crippen LogP contribution in [0.15, 0.2) is 0 Å². The Bertz CT molecular complexity index is 787. The molecule has 12 heteroatoms. The van der Waals surface area contributed by atoms with Crippen LogP contribution in [0.5, 0.6) is 0 Å². The highest BCUT2D eigenvalue weighted by Gasteiger charge is 2.62. The van der Waals surface area contributed by atoms with E-state index in [1.165, 1.54) is 0 Å². The van der Waals surface area contributed by atoms with E-state index in [2.05, 4.69) is 0 Å². The summed E-state index contributed by atoms with van der Waals surface area (Å²) in [6, 6.07) is 0. The number of rotatable bonds is 0. The Morgan fingerprint density at radius 3 is 1.68 bits per heavy atom. The van der Waals surface area contributed by atoms with Gasteiger partial charge in [-0.1, -0.05) is 0 Å². The number of likely N-dealkylation sites (tertiary alicyclic amines) is 2. The van der Waals surface area contributed by atoms with E-state index in [0.29, 0.717) is 13.0 Å². The van der Waals surface area contributed by atoms with E-state index in [1.54, 1.807) is 41.5 Å². The first-order chi connectivity index (χ1) is 15.3. The fraction of sp³-hybridized carbons (Fsp3) is 0.864. The van der Waals surface area contributed by atoms with Gasteiger partial charge in [0.2, 0.25) is 5.78 Å². The number of piperidine rings is 2. The second kappa shape index (κ2) is 9.50. The van der Waals surface area contributed by atoms with Gasteiger partial charge in [0.05, 0.1) is 19.7 Å². The Hall–Kier alpha value is -2.11. The highest BCUT2D eigenvalue weighted by molar-refractivity contribution is 5.88. The third kappa shape index (κ3) is 6.96. The molecule has 3 rings (SSSR count). The quantitative estimate of drug-likeness (QED) is 0.464. The first-order valence-electron chi connectivity index (χ1n) is 11.2. The number of halogens is 4. The molecule has 0 saturated carbocycles. The van der Waals surface area contributed by atoms with Crippen LogP contribution in [-0.4, -0.2) is 89.2 Å². The molecule has 0 bridgehead atoms. The van der Waals surface area contributed by atoms with Crippen molar-refractivity contribution in [2.24, 2.45) is 0 Å². The Balaban J connectivity index is 0.000000242. The molecule has 0 aromatic carbocycles. The largest absolute Gasteiger partial charge is 0.444 e. The van der Waals surface area contributed by atoms with Crippen LogP contribution in [0.1, 0.15) is 60.8 Å². The summed E-state index contributed by atoms with van der Waals surface area (Å²) in [7, 11) is 0. The lowest BCUT2D eigenvalue weighted by Crippen LogP contribution is -2.66. The van der Waals surface area contributed by atoms with Crippen molar-refractivity contribution in [1.29, 1.82) is 0 Å². The van der Waals surface area contributed by atoms with Gasteiger partial charge in [0.15, 0.2) is 0 Å². The molecule has 3 heterocycles. The first-order valence-corrected chi connectivity index (χ1v) is 11.2. The van der Waals surface area contributed by atoms with Crippen molar-refractivity contribution in [2.75, 3.05) is 32.8 Å². The number of carbonyl (C=O) groups excluding carboxylic acids is 3. The van der Waals surface area contributed by atoms with E-state index in [9.17, 15) is 31.9 Å². The second-order valence-corrected chi connectivity index (χ2v) is 10.7. The minimum absolute atomic E-state index is 0.0106. The van der Waals surface area contributed by atoms with Crippen LogP contribution < -0.4 is 0 Å². The highest BCUT2D eigenvalue weighted by atomic mass is 19.3. The SMILES string of the molecule is CC(C)(C)OC(=O)N1CCC(=O)C(F)(F)C1.CC(C)(C)OC(=O)N1CCC2(CCO2)C(F)(F)C1. The summed E-state index contributed by atoms with van der Waals surface area (Å²) in [6.07, 6.45) is -1.29. The predicted octanol–water partition coefficient (Wildman–Crippen LogP) is 4.25. The third-order valence-electron chi connectivity index (χ3n) is 5.44. The van der Waals surface area contributed by atoms with Gasteiger partial charge >= 0.3 is 18.1 Å². The van der Waals surface area contributed by atoms with Gasteiger partial charge in [-0.05, 0) is 41.5 Å². The van der Waals surface area contributed by atoms with Crippen LogP contribution in [-0.2, 0) is 19.0 Å². The number of amides is 2. The van der Waals surface area contributed by atoms with Gasteiger partial charge in [0, 0.05) is 32.4 Å². The van der Waals surface area contributed by atoms with E-state index < -0.39 is 59.7 Å². The summed E-state index contributed by atoms with van der Waals surface area (Å²) in [5.74, 6) is -7.57. The van der Waals surface area contributed by atoms with Crippen LogP contribution in [0.4, 0.5) is 27.2 Å². The molecular weight excluding hydrogens is 464 g/mol. The van der Waals surface area contributed by atoms with Gasteiger partial charge in [-0.25, -0.2) is 18.4 Å². The molecule has 1 unspecified atom stereocenters. The smallest absolute Gasteiger partial charge is 0.410 e. The Kier molecular flexibility index (Phi) is 7.86. The average molecular weight is 499 g/mol. The van der Waals surface area contributed by atoms with Crippen LogP contribution in [0, 0.1) is 0 Å². The van der Waals surface area contributed by atoms with Crippen molar-refractivity contribution < 1.29 is 46.2 Å². The van der Waals surface area contributed by atoms with E-state index in [-0.39, 0.29) is 25.9 Å². The summed E-state index contributed by atoms with van der Waals surface area (Å²) in [6.45, 7) is 9.20. The molecule has 3 saturated heterocycles. The van der Waals surface area contributed by atoms with Crippen molar-refractivity contribution in [3.05, 3.63) is 0 Å². The van der Waals surface area contributed by atoms with Gasteiger partial charge in [0.25, 0.3) is 5.92 Å². The van der Waals surface area contributed by atoms with E-state index in [4.69, 9.17) is 14.2 Å². The van der Waals surface area contributed by atoms with E-state index in [1.807, 2.05) is 0 Å². The summed E-state index contributed by atoms with van der Waals surface area (Å²) in [5, 5.41) is 0. The van der Waals surface area contributed by atoms with Crippen molar-refractivity contribution in [3.8, 4) is 0 Å². The predicted molar refractivity (Wildman–Crippen MR) is 113 cm³/mol. The molecule has 0 aromatic heterocycles. The van der Waals surface area contributed by atoms with Gasteiger partial charge in [0.1, 0.15) is 16.8 Å². The van der Waals surface area contributed by atoms with E-state index in [0.717, 1.165) is 9.80 Å². The fourth-order valence-corrected chi connectivity index (χ4v) is 3.59. The zero-order valence-corrected chi connectivity index (χ0v) is 20.5. The standard InChI is InChI=1S/C12H19F2NO3.C10H15F2NO3/c1-10(2,3)18-9(16)15-6-4-11(5-7-17-11)12(13,14)8-15;1-9(2,3)16-8(15)13-5-4-7(14)10(11,12)6-13/h4-8H2,1-3H3;4-6H2,1-3H3. The number of Topliss-reactive ketones (excluding diaryl/α,β-unsaturated/α-hetero) is 1. The highest BCUT2D eigenvalue weighted by Crippen LogP contribution is 2.47. The Labute approximate surface area is 196 Å². The molecule has 0 radical (unpaired) electrons. The maximum absolute atomic E-state index is 14.0.